The lowest BCUT2D eigenvalue weighted by molar-refractivity contribution is -0.142. The van der Waals surface area contributed by atoms with Crippen molar-refractivity contribution < 1.29 is 14.3 Å². The SMILES string of the molecule is CCCCOC(=O)C/C=C/C[C@@H]1CC2=C[C@H](CC)CC[C@@H]2CO1. The normalized spacial score (nSPS) is 27.6. The van der Waals surface area contributed by atoms with Crippen molar-refractivity contribution in [1.29, 1.82) is 0 Å². The van der Waals surface area contributed by atoms with E-state index in [0.717, 1.165) is 38.2 Å². The molecule has 0 amide bonds. The van der Waals surface area contributed by atoms with Crippen LogP contribution in [0.5, 0.6) is 0 Å². The van der Waals surface area contributed by atoms with Gasteiger partial charge < -0.3 is 9.47 Å². The zero-order valence-electron chi connectivity index (χ0n) is 14.8. The fourth-order valence-corrected chi connectivity index (χ4v) is 3.41. The average molecular weight is 320 g/mol. The van der Waals surface area contributed by atoms with Gasteiger partial charge in [0.1, 0.15) is 0 Å². The minimum Gasteiger partial charge on any atom is -0.465 e. The highest BCUT2D eigenvalue weighted by Crippen LogP contribution is 2.37. The Morgan fingerprint density at radius 1 is 1.35 bits per heavy atom. The van der Waals surface area contributed by atoms with Gasteiger partial charge in [-0.05, 0) is 44.4 Å². The second-order valence-corrected chi connectivity index (χ2v) is 6.83. The molecule has 0 spiro atoms. The van der Waals surface area contributed by atoms with Gasteiger partial charge in [-0.1, -0.05) is 44.1 Å². The van der Waals surface area contributed by atoms with Gasteiger partial charge in [-0.3, -0.25) is 4.79 Å². The number of ether oxygens (including phenoxy) is 2. The average Bonchev–Trinajstić information content (AvgIpc) is 2.58. The van der Waals surface area contributed by atoms with Gasteiger partial charge in [-0.2, -0.15) is 0 Å². The van der Waals surface area contributed by atoms with Crippen LogP contribution < -0.4 is 0 Å². The minimum atomic E-state index is -0.125. The number of carbonyl (C=O) groups excluding carboxylic acids is 1. The molecule has 1 fully saturated rings. The molecule has 0 aromatic heterocycles. The summed E-state index contributed by atoms with van der Waals surface area (Å²) in [5.74, 6) is 1.31. The lowest BCUT2D eigenvalue weighted by atomic mass is 9.78. The molecule has 0 bridgehead atoms. The summed E-state index contributed by atoms with van der Waals surface area (Å²) >= 11 is 0. The Balaban J connectivity index is 1.69. The van der Waals surface area contributed by atoms with Crippen LogP contribution in [0, 0.1) is 11.8 Å². The quantitative estimate of drug-likeness (QED) is 0.365. The first-order valence-corrected chi connectivity index (χ1v) is 9.35. The molecule has 1 saturated heterocycles. The molecule has 2 aliphatic rings. The summed E-state index contributed by atoms with van der Waals surface area (Å²) in [5.41, 5.74) is 1.62. The third-order valence-corrected chi connectivity index (χ3v) is 4.99. The number of allylic oxidation sites excluding steroid dienone is 1. The van der Waals surface area contributed by atoms with E-state index >= 15 is 0 Å². The molecule has 0 N–H and O–H groups in total. The number of carbonyl (C=O) groups is 1. The van der Waals surface area contributed by atoms with Crippen LogP contribution in [-0.4, -0.2) is 25.3 Å². The van der Waals surface area contributed by atoms with Crippen LogP contribution in [0.15, 0.2) is 23.8 Å². The second-order valence-electron chi connectivity index (χ2n) is 6.83. The monoisotopic (exact) mass is 320 g/mol. The second kappa shape index (κ2) is 9.92. The maximum atomic E-state index is 11.5. The first-order valence-electron chi connectivity index (χ1n) is 9.35. The molecule has 1 heterocycles. The van der Waals surface area contributed by atoms with Crippen LogP contribution >= 0.6 is 0 Å². The summed E-state index contributed by atoms with van der Waals surface area (Å²) in [5, 5.41) is 0. The van der Waals surface area contributed by atoms with Crippen LogP contribution in [0.2, 0.25) is 0 Å². The molecule has 3 atom stereocenters. The Hall–Kier alpha value is -1.09. The summed E-state index contributed by atoms with van der Waals surface area (Å²) in [4.78, 5) is 11.5. The molecular weight excluding hydrogens is 288 g/mol. The maximum absolute atomic E-state index is 11.5. The van der Waals surface area contributed by atoms with Gasteiger partial charge in [0.05, 0.1) is 25.7 Å². The molecule has 130 valence electrons. The Labute approximate surface area is 141 Å². The van der Waals surface area contributed by atoms with Gasteiger partial charge in [0.25, 0.3) is 0 Å². The van der Waals surface area contributed by atoms with Crippen LogP contribution in [0.25, 0.3) is 0 Å². The standard InChI is InChI=1S/C20H32O3/c1-3-5-12-22-20(21)9-7-6-8-19-14-18-13-16(4-2)10-11-17(18)15-23-19/h6-7,13,16-17,19H,3-5,8-12,14-15H2,1-2H3/b7-6+/t16-,17-,19-/m1/s1. The summed E-state index contributed by atoms with van der Waals surface area (Å²) in [6.07, 6.45) is 15.0. The fourth-order valence-electron chi connectivity index (χ4n) is 3.41. The van der Waals surface area contributed by atoms with E-state index in [4.69, 9.17) is 9.47 Å². The van der Waals surface area contributed by atoms with E-state index in [-0.39, 0.29) is 12.1 Å². The van der Waals surface area contributed by atoms with Gasteiger partial charge in [0.2, 0.25) is 0 Å². The van der Waals surface area contributed by atoms with Crippen molar-refractivity contribution in [2.24, 2.45) is 11.8 Å². The molecule has 1 aliphatic carbocycles. The molecule has 0 saturated carbocycles. The summed E-state index contributed by atoms with van der Waals surface area (Å²) in [6, 6.07) is 0. The molecular formula is C20H32O3. The Kier molecular flexibility index (Phi) is 7.87. The highest BCUT2D eigenvalue weighted by Gasteiger charge is 2.29. The largest absolute Gasteiger partial charge is 0.465 e. The van der Waals surface area contributed by atoms with Crippen molar-refractivity contribution in [3.8, 4) is 0 Å². The van der Waals surface area contributed by atoms with Gasteiger partial charge in [-0.25, -0.2) is 0 Å². The van der Waals surface area contributed by atoms with E-state index < -0.39 is 0 Å². The lowest BCUT2D eigenvalue weighted by Gasteiger charge is -2.35. The molecule has 2 rings (SSSR count). The Bertz CT molecular complexity index is 425. The predicted octanol–water partition coefficient (Wildman–Crippen LogP) is 4.82. The molecule has 23 heavy (non-hydrogen) atoms. The molecule has 0 radical (unpaired) electrons. The lowest BCUT2D eigenvalue weighted by Crippen LogP contribution is -2.30. The zero-order chi connectivity index (χ0) is 16.5. The molecule has 3 heteroatoms. The van der Waals surface area contributed by atoms with Crippen LogP contribution in [0.1, 0.15) is 65.2 Å². The molecule has 0 aromatic carbocycles. The maximum Gasteiger partial charge on any atom is 0.309 e. The van der Waals surface area contributed by atoms with Gasteiger partial charge in [0.15, 0.2) is 0 Å². The van der Waals surface area contributed by atoms with Crippen LogP contribution in [-0.2, 0) is 14.3 Å². The van der Waals surface area contributed by atoms with E-state index in [2.05, 4.69) is 26.0 Å². The van der Waals surface area contributed by atoms with Gasteiger partial charge >= 0.3 is 5.97 Å². The molecule has 0 aromatic rings. The minimum absolute atomic E-state index is 0.125. The summed E-state index contributed by atoms with van der Waals surface area (Å²) in [7, 11) is 0. The molecule has 1 aliphatic heterocycles. The summed E-state index contributed by atoms with van der Waals surface area (Å²) < 4.78 is 11.1. The van der Waals surface area contributed by atoms with Crippen molar-refractivity contribution in [3.63, 3.8) is 0 Å². The number of esters is 1. The highest BCUT2D eigenvalue weighted by molar-refractivity contribution is 5.71. The predicted molar refractivity (Wildman–Crippen MR) is 93.2 cm³/mol. The van der Waals surface area contributed by atoms with Crippen molar-refractivity contribution >= 4 is 5.97 Å². The molecule has 3 nitrogen and oxygen atoms in total. The van der Waals surface area contributed by atoms with Crippen molar-refractivity contribution in [2.75, 3.05) is 13.2 Å². The van der Waals surface area contributed by atoms with E-state index in [0.29, 0.717) is 18.9 Å². The Morgan fingerprint density at radius 3 is 3.00 bits per heavy atom. The first-order chi connectivity index (χ1) is 11.2. The van der Waals surface area contributed by atoms with Crippen LogP contribution in [0.3, 0.4) is 0 Å². The van der Waals surface area contributed by atoms with Gasteiger partial charge in [-0.15, -0.1) is 0 Å². The van der Waals surface area contributed by atoms with E-state index in [1.165, 1.54) is 19.3 Å². The third-order valence-electron chi connectivity index (χ3n) is 4.99. The summed E-state index contributed by atoms with van der Waals surface area (Å²) in [6.45, 7) is 5.79. The van der Waals surface area contributed by atoms with E-state index in [9.17, 15) is 4.79 Å². The number of unbranched alkanes of at least 4 members (excludes halogenated alkanes) is 1. The topological polar surface area (TPSA) is 35.5 Å². The third kappa shape index (κ3) is 6.14. The van der Waals surface area contributed by atoms with E-state index in [1.54, 1.807) is 5.57 Å². The fraction of sp³-hybridized carbons (Fsp3) is 0.750. The van der Waals surface area contributed by atoms with E-state index in [1.807, 2.05) is 6.08 Å². The van der Waals surface area contributed by atoms with Crippen molar-refractivity contribution in [1.82, 2.24) is 0 Å². The zero-order valence-corrected chi connectivity index (χ0v) is 14.8. The van der Waals surface area contributed by atoms with Crippen molar-refractivity contribution in [2.45, 2.75) is 71.3 Å². The number of fused-ring (bicyclic) bond motifs is 1. The Morgan fingerprint density at radius 2 is 2.22 bits per heavy atom. The van der Waals surface area contributed by atoms with Gasteiger partial charge in [0, 0.05) is 5.92 Å². The number of hydrogen-bond donors (Lipinski definition) is 0. The number of hydrogen-bond acceptors (Lipinski definition) is 3. The highest BCUT2D eigenvalue weighted by atomic mass is 16.5. The smallest absolute Gasteiger partial charge is 0.309 e. The van der Waals surface area contributed by atoms with Crippen molar-refractivity contribution in [3.05, 3.63) is 23.8 Å². The number of rotatable bonds is 8. The first kappa shape index (κ1) is 18.3. The molecule has 0 unspecified atom stereocenters. The van der Waals surface area contributed by atoms with Crippen LogP contribution in [0.4, 0.5) is 0 Å².